The first-order valence-electron chi connectivity index (χ1n) is 21.1. The van der Waals surface area contributed by atoms with E-state index in [0.717, 1.165) is 62.5 Å². The van der Waals surface area contributed by atoms with Crippen molar-refractivity contribution in [2.24, 2.45) is 5.10 Å². The zero-order chi connectivity index (χ0) is 51.1. The summed E-state index contributed by atoms with van der Waals surface area (Å²) in [6.45, 7) is 8.39. The van der Waals surface area contributed by atoms with Gasteiger partial charge in [0, 0.05) is 76.3 Å². The number of anilines is 2. The Morgan fingerprint density at radius 3 is 1.62 bits per heavy atom. The van der Waals surface area contributed by atoms with Crippen LogP contribution >= 0.6 is 24.0 Å². The van der Waals surface area contributed by atoms with Crippen molar-refractivity contribution in [1.29, 1.82) is 5.26 Å². The van der Waals surface area contributed by atoms with Crippen LogP contribution < -0.4 is 9.80 Å². The minimum atomic E-state index is -4.48. The number of unbranched alkanes of at least 4 members (excludes halogenated alkanes) is 2. The van der Waals surface area contributed by atoms with Crippen LogP contribution in [0.5, 0.6) is 0 Å². The van der Waals surface area contributed by atoms with Crippen molar-refractivity contribution in [2.45, 2.75) is 126 Å². The Kier molecular flexibility index (Phi) is 21.7. The van der Waals surface area contributed by atoms with E-state index in [1.165, 1.54) is 40.5 Å². The number of hydrazone groups is 1. The van der Waals surface area contributed by atoms with E-state index in [2.05, 4.69) is 20.2 Å². The monoisotopic (exact) mass is 1040 g/mol. The summed E-state index contributed by atoms with van der Waals surface area (Å²) in [5, 5.41) is 16.4. The smallest absolute Gasteiger partial charge is 0.357 e. The molecule has 0 radical (unpaired) electrons. The molecular formula is C41H51F12N9O3S3. The van der Waals surface area contributed by atoms with Gasteiger partial charge in [-0.2, -0.15) is 76.6 Å². The molecule has 0 atom stereocenters. The number of rotatable bonds is 12. The summed E-state index contributed by atoms with van der Waals surface area (Å²) in [7, 11) is -3.49. The Labute approximate surface area is 396 Å². The van der Waals surface area contributed by atoms with Crippen molar-refractivity contribution in [3.05, 3.63) is 59.5 Å². The number of halogens is 12. The maximum absolute atomic E-state index is 13.1. The molecule has 0 saturated carbocycles. The summed E-state index contributed by atoms with van der Waals surface area (Å²) in [5.41, 5.74) is -3.25. The Balaban J connectivity index is 0.000000280. The minimum absolute atomic E-state index is 0.105. The molecule has 380 valence electrons. The lowest BCUT2D eigenvalue weighted by Gasteiger charge is -2.32. The van der Waals surface area contributed by atoms with Crippen LogP contribution in [0.4, 0.5) is 64.3 Å². The van der Waals surface area contributed by atoms with Gasteiger partial charge in [0.1, 0.15) is 22.3 Å². The highest BCUT2D eigenvalue weighted by atomic mass is 32.2. The highest BCUT2D eigenvalue weighted by molar-refractivity contribution is 7.99. The number of piperidine rings is 2. The summed E-state index contributed by atoms with van der Waals surface area (Å²) in [5.74, 6) is 0.916. The first kappa shape index (κ1) is 57.9. The molecule has 0 spiro atoms. The summed E-state index contributed by atoms with van der Waals surface area (Å²) >= 11 is 6.20. The van der Waals surface area contributed by atoms with Crippen LogP contribution in [0.15, 0.2) is 52.9 Å². The van der Waals surface area contributed by atoms with Gasteiger partial charge in [-0.25, -0.2) is 9.97 Å². The van der Waals surface area contributed by atoms with Gasteiger partial charge in [0.2, 0.25) is 0 Å². The SMILES string of the molecule is CC#N.CCCCN1N=C(C(F)(F)F)CC1=S.CCCCn1nc(C(F)(F)F)cc1SC1CCN(c2ccc(C(F)(F)F)cn2)CC1.CS(=O)(=O)OC1CCN(c2ccc(C(F)(F)F)cn2)CC1. The molecule has 68 heavy (non-hydrogen) atoms. The maximum Gasteiger partial charge on any atom is 0.435 e. The highest BCUT2D eigenvalue weighted by Crippen LogP contribution is 2.37. The van der Waals surface area contributed by atoms with Crippen LogP contribution in [0.1, 0.15) is 95.4 Å². The molecule has 0 N–H and O–H groups in total. The van der Waals surface area contributed by atoms with Crippen molar-refractivity contribution >= 4 is 56.4 Å². The van der Waals surface area contributed by atoms with Crippen LogP contribution in [-0.4, -0.2) is 100 Å². The molecule has 3 aromatic heterocycles. The number of nitrogens with zero attached hydrogens (tertiary/aromatic N) is 9. The fourth-order valence-electron chi connectivity index (χ4n) is 6.50. The molecule has 6 rings (SSSR count). The molecule has 3 aliphatic rings. The predicted octanol–water partition coefficient (Wildman–Crippen LogP) is 11.2. The van der Waals surface area contributed by atoms with Gasteiger partial charge in [0.25, 0.3) is 10.1 Å². The Morgan fingerprint density at radius 2 is 1.24 bits per heavy atom. The van der Waals surface area contributed by atoms with E-state index in [0.29, 0.717) is 81.6 Å². The average Bonchev–Trinajstić information content (AvgIpc) is 3.85. The average molecular weight is 1040 g/mol. The number of thiocarbonyl (C=S) groups is 1. The molecular weight excluding hydrogens is 991 g/mol. The second-order valence-electron chi connectivity index (χ2n) is 15.4. The van der Waals surface area contributed by atoms with E-state index < -0.39 is 57.4 Å². The van der Waals surface area contributed by atoms with E-state index >= 15 is 0 Å². The third-order valence-electron chi connectivity index (χ3n) is 9.94. The largest absolute Gasteiger partial charge is 0.435 e. The normalized spacial score (nSPS) is 16.5. The van der Waals surface area contributed by atoms with Crippen LogP contribution in [-0.2, 0) is 39.4 Å². The standard InChI is InChI=1S/C19H22F6N4S.C12H15F3N2O3S.C8H11F3N2S.C2H3N/c1-2-3-8-29-17(11-15(27-29)19(23,24)25)30-14-6-9-28(10-7-14)16-5-4-13(12-26-16)18(20,21)22;1-21(18,19)20-10-4-6-17(7-5-10)11-3-2-9(8-16-11)12(13,14)15;1-2-3-4-13-7(14)5-6(12-13)8(9,10)11;1-2-3/h4-5,11-12,14H,2-3,6-10H2,1H3;2-3,8,10H,4-7H2,1H3;2-5H2,1H3;1H3. The molecule has 27 heteroatoms. The van der Waals surface area contributed by atoms with Gasteiger partial charge in [-0.3, -0.25) is 13.9 Å². The molecule has 2 fully saturated rings. The minimum Gasteiger partial charge on any atom is -0.357 e. The molecule has 0 aromatic carbocycles. The zero-order valence-corrected chi connectivity index (χ0v) is 39.8. The van der Waals surface area contributed by atoms with Crippen LogP contribution in [0.3, 0.4) is 0 Å². The van der Waals surface area contributed by atoms with Crippen LogP contribution in [0.2, 0.25) is 0 Å². The lowest BCUT2D eigenvalue weighted by molar-refractivity contribution is -0.141. The second-order valence-corrected chi connectivity index (χ2v) is 18.7. The number of hydrogen-bond acceptors (Lipinski definition) is 12. The topological polar surface area (TPSA) is 133 Å². The van der Waals surface area contributed by atoms with E-state index in [4.69, 9.17) is 21.7 Å². The zero-order valence-electron chi connectivity index (χ0n) is 37.3. The summed E-state index contributed by atoms with van der Waals surface area (Å²) in [6, 6.07) is 7.52. The number of hydrogen-bond donors (Lipinski definition) is 0. The molecule has 0 amide bonds. The van der Waals surface area contributed by atoms with Gasteiger partial charge >= 0.3 is 24.7 Å². The van der Waals surface area contributed by atoms with Gasteiger partial charge in [-0.05, 0) is 62.8 Å². The number of thioether (sulfide) groups is 1. The molecule has 0 unspecified atom stereocenters. The second kappa shape index (κ2) is 25.4. The Hall–Kier alpha value is -4.42. The first-order valence-corrected chi connectivity index (χ1v) is 24.2. The third kappa shape index (κ3) is 19.2. The Bertz CT molecular complexity index is 2220. The third-order valence-corrected chi connectivity index (χ3v) is 12.3. The van der Waals surface area contributed by atoms with Gasteiger partial charge in [0.05, 0.1) is 34.6 Å². The predicted molar refractivity (Wildman–Crippen MR) is 236 cm³/mol. The maximum atomic E-state index is 13.1. The number of aromatic nitrogens is 4. The molecule has 3 aromatic rings. The molecule has 6 heterocycles. The lowest BCUT2D eigenvalue weighted by Crippen LogP contribution is -2.38. The van der Waals surface area contributed by atoms with Crippen molar-refractivity contribution < 1.29 is 65.3 Å². The quantitative estimate of drug-likeness (QED) is 0.0971. The highest BCUT2D eigenvalue weighted by Gasteiger charge is 2.41. The van der Waals surface area contributed by atoms with Crippen molar-refractivity contribution in [3.8, 4) is 6.07 Å². The molecule has 12 nitrogen and oxygen atoms in total. The fourth-order valence-corrected chi connectivity index (χ4v) is 8.67. The summed E-state index contributed by atoms with van der Waals surface area (Å²) < 4.78 is 180. The number of pyridine rings is 2. The van der Waals surface area contributed by atoms with Crippen molar-refractivity contribution in [3.63, 3.8) is 0 Å². The van der Waals surface area contributed by atoms with E-state index in [-0.39, 0.29) is 22.8 Å². The van der Waals surface area contributed by atoms with Crippen LogP contribution in [0, 0.1) is 11.3 Å². The van der Waals surface area contributed by atoms with Gasteiger partial charge < -0.3 is 9.80 Å². The summed E-state index contributed by atoms with van der Waals surface area (Å²) in [6.07, 6.45) is -10.0. The number of alkyl halides is 12. The molecule has 3 aliphatic heterocycles. The summed E-state index contributed by atoms with van der Waals surface area (Å²) in [4.78, 5) is 11.7. The van der Waals surface area contributed by atoms with E-state index in [1.807, 2.05) is 23.6 Å². The van der Waals surface area contributed by atoms with Gasteiger partial charge in [-0.1, -0.05) is 38.9 Å². The molecule has 0 aliphatic carbocycles. The fraction of sp³-hybridized carbons (Fsp3) is 0.610. The van der Waals surface area contributed by atoms with Crippen LogP contribution in [0.25, 0.3) is 0 Å². The molecule has 0 bridgehead atoms. The Morgan fingerprint density at radius 1 is 0.765 bits per heavy atom. The van der Waals surface area contributed by atoms with Gasteiger partial charge in [0.15, 0.2) is 5.69 Å². The number of aryl methyl sites for hydroxylation is 1. The van der Waals surface area contributed by atoms with E-state index in [1.54, 1.807) is 6.07 Å². The van der Waals surface area contributed by atoms with Gasteiger partial charge in [-0.15, -0.1) is 11.8 Å². The lowest BCUT2D eigenvalue weighted by atomic mass is 10.1. The van der Waals surface area contributed by atoms with Crippen molar-refractivity contribution in [1.82, 2.24) is 24.8 Å². The van der Waals surface area contributed by atoms with E-state index in [9.17, 15) is 61.1 Å². The number of nitriles is 1. The molecule has 2 saturated heterocycles. The first-order chi connectivity index (χ1) is 31.6. The van der Waals surface area contributed by atoms with Crippen molar-refractivity contribution in [2.75, 3.05) is 48.8 Å².